The first-order valence-corrected chi connectivity index (χ1v) is 11.5. The van der Waals surface area contributed by atoms with E-state index in [1.807, 2.05) is 25.4 Å². The molecule has 1 aliphatic rings. The molecule has 0 radical (unpaired) electrons. The fourth-order valence-electron chi connectivity index (χ4n) is 2.96. The van der Waals surface area contributed by atoms with Gasteiger partial charge in [-0.2, -0.15) is 4.31 Å². The number of ether oxygens (including phenoxy) is 1. The van der Waals surface area contributed by atoms with Crippen LogP contribution in [-0.2, 0) is 26.1 Å². The Hall–Kier alpha value is -1.78. The molecule has 7 nitrogen and oxygen atoms in total. The summed E-state index contributed by atoms with van der Waals surface area (Å²) in [6, 6.07) is 10.2. The zero-order valence-corrected chi connectivity index (χ0v) is 17.7. The van der Waals surface area contributed by atoms with Crippen molar-refractivity contribution in [3.05, 3.63) is 46.7 Å². The average molecular weight is 425 g/mol. The van der Waals surface area contributed by atoms with Crippen LogP contribution in [0.1, 0.15) is 11.8 Å². The van der Waals surface area contributed by atoms with Gasteiger partial charge in [0.25, 0.3) is 5.91 Å². The molecule has 0 saturated carbocycles. The van der Waals surface area contributed by atoms with Crippen LogP contribution in [0.15, 0.2) is 46.7 Å². The monoisotopic (exact) mass is 424 g/mol. The van der Waals surface area contributed by atoms with E-state index in [-0.39, 0.29) is 16.8 Å². The molecule has 152 valence electrons. The highest BCUT2D eigenvalue weighted by Crippen LogP contribution is 2.19. The third-order valence-corrected chi connectivity index (χ3v) is 7.68. The normalized spacial score (nSPS) is 17.8. The number of amides is 1. The van der Waals surface area contributed by atoms with Crippen molar-refractivity contribution in [3.63, 3.8) is 0 Å². The van der Waals surface area contributed by atoms with E-state index in [4.69, 9.17) is 4.74 Å². The van der Waals surface area contributed by atoms with Gasteiger partial charge in [0.05, 0.1) is 30.0 Å². The van der Waals surface area contributed by atoms with Crippen LogP contribution in [0.3, 0.4) is 0 Å². The van der Waals surface area contributed by atoms with Crippen LogP contribution in [0, 0.1) is 0 Å². The lowest BCUT2D eigenvalue weighted by Gasteiger charge is -2.26. The number of quaternary nitrogens is 1. The lowest BCUT2D eigenvalue weighted by Crippen LogP contribution is -3.12. The lowest BCUT2D eigenvalue weighted by molar-refractivity contribution is -0.907. The van der Waals surface area contributed by atoms with Crippen LogP contribution in [0.2, 0.25) is 0 Å². The van der Waals surface area contributed by atoms with E-state index in [1.165, 1.54) is 21.3 Å². The van der Waals surface area contributed by atoms with Crippen molar-refractivity contribution in [3.8, 4) is 0 Å². The predicted octanol–water partition coefficient (Wildman–Crippen LogP) is 0.811. The average Bonchev–Trinajstić information content (AvgIpc) is 3.21. The number of morpholine rings is 1. The number of carbonyl (C=O) groups is 1. The number of nitrogens with zero attached hydrogens (tertiary/aromatic N) is 1. The molecule has 0 bridgehead atoms. The molecule has 28 heavy (non-hydrogen) atoms. The number of carbonyl (C=O) groups excluding carboxylic acids is 1. The molecule has 2 atom stereocenters. The standard InChI is InChI=1S/C19H25N3O4S2/c1-15(21(2)14-17-4-3-13-27-17)19(23)20-16-5-7-18(8-6-16)28(24,25)22-9-11-26-12-10-22/h3-8,13,15H,9-12,14H2,1-2H3,(H,20,23)/p+1/t15-/m0/s1. The second kappa shape index (κ2) is 9.15. The second-order valence-electron chi connectivity index (χ2n) is 6.85. The molecule has 1 aliphatic heterocycles. The summed E-state index contributed by atoms with van der Waals surface area (Å²) in [5.74, 6) is -0.0992. The lowest BCUT2D eigenvalue weighted by atomic mass is 10.2. The van der Waals surface area contributed by atoms with Gasteiger partial charge in [0, 0.05) is 18.8 Å². The Kier molecular flexibility index (Phi) is 6.84. The van der Waals surface area contributed by atoms with Gasteiger partial charge in [-0.1, -0.05) is 6.07 Å². The Morgan fingerprint density at radius 1 is 1.25 bits per heavy atom. The fourth-order valence-corrected chi connectivity index (χ4v) is 5.17. The number of nitrogens with one attached hydrogen (secondary N) is 2. The van der Waals surface area contributed by atoms with Crippen LogP contribution in [-0.4, -0.2) is 58.0 Å². The molecule has 1 unspecified atom stereocenters. The molecule has 0 aliphatic carbocycles. The van der Waals surface area contributed by atoms with Gasteiger partial charge in [0.15, 0.2) is 6.04 Å². The second-order valence-corrected chi connectivity index (χ2v) is 9.82. The first-order chi connectivity index (χ1) is 13.4. The maximum Gasteiger partial charge on any atom is 0.282 e. The molecular formula is C19H26N3O4S2+. The van der Waals surface area contributed by atoms with Gasteiger partial charge in [0.1, 0.15) is 6.54 Å². The van der Waals surface area contributed by atoms with Crippen molar-refractivity contribution in [1.29, 1.82) is 0 Å². The molecule has 0 spiro atoms. The number of hydrogen-bond donors (Lipinski definition) is 2. The largest absolute Gasteiger partial charge is 0.379 e. The highest BCUT2D eigenvalue weighted by molar-refractivity contribution is 7.89. The van der Waals surface area contributed by atoms with E-state index in [2.05, 4.69) is 11.4 Å². The third kappa shape index (κ3) is 4.98. The Balaban J connectivity index is 1.61. The van der Waals surface area contributed by atoms with Crippen LogP contribution >= 0.6 is 11.3 Å². The molecule has 1 aromatic carbocycles. The van der Waals surface area contributed by atoms with Gasteiger partial charge in [-0.15, -0.1) is 11.3 Å². The number of benzene rings is 1. The van der Waals surface area contributed by atoms with Crippen LogP contribution in [0.25, 0.3) is 0 Å². The van der Waals surface area contributed by atoms with E-state index in [0.29, 0.717) is 32.0 Å². The number of sulfonamides is 1. The van der Waals surface area contributed by atoms with Crippen molar-refractivity contribution in [2.75, 3.05) is 38.7 Å². The van der Waals surface area contributed by atoms with Crippen molar-refractivity contribution in [1.82, 2.24) is 4.31 Å². The molecule has 9 heteroatoms. The minimum Gasteiger partial charge on any atom is -0.379 e. The van der Waals surface area contributed by atoms with Crippen LogP contribution in [0.4, 0.5) is 5.69 Å². The molecular weight excluding hydrogens is 398 g/mol. The number of rotatable bonds is 7. The highest BCUT2D eigenvalue weighted by Gasteiger charge is 2.26. The summed E-state index contributed by atoms with van der Waals surface area (Å²) in [6.45, 7) is 4.20. The molecule has 1 amide bonds. The van der Waals surface area contributed by atoms with E-state index in [1.54, 1.807) is 23.5 Å². The van der Waals surface area contributed by atoms with E-state index in [9.17, 15) is 13.2 Å². The molecule has 1 saturated heterocycles. The highest BCUT2D eigenvalue weighted by atomic mass is 32.2. The summed E-state index contributed by atoms with van der Waals surface area (Å²) >= 11 is 1.68. The Bertz CT molecular complexity index is 876. The first-order valence-electron chi connectivity index (χ1n) is 9.21. The van der Waals surface area contributed by atoms with E-state index < -0.39 is 10.0 Å². The van der Waals surface area contributed by atoms with Gasteiger partial charge in [-0.05, 0) is 42.6 Å². The summed E-state index contributed by atoms with van der Waals surface area (Å²) in [6.07, 6.45) is 0. The zero-order chi connectivity index (χ0) is 20.1. The van der Waals surface area contributed by atoms with Gasteiger partial charge in [0.2, 0.25) is 10.0 Å². The Morgan fingerprint density at radius 2 is 1.93 bits per heavy atom. The number of hydrogen-bond acceptors (Lipinski definition) is 5. The smallest absolute Gasteiger partial charge is 0.282 e. The van der Waals surface area contributed by atoms with Crippen LogP contribution < -0.4 is 10.2 Å². The predicted molar refractivity (Wildman–Crippen MR) is 109 cm³/mol. The Morgan fingerprint density at radius 3 is 2.54 bits per heavy atom. The third-order valence-electron chi connectivity index (χ3n) is 4.90. The molecule has 2 N–H and O–H groups in total. The number of likely N-dealkylation sites (N-methyl/N-ethyl adjacent to an activating group) is 1. The van der Waals surface area contributed by atoms with Gasteiger partial charge < -0.3 is 15.0 Å². The zero-order valence-electron chi connectivity index (χ0n) is 16.1. The van der Waals surface area contributed by atoms with Crippen molar-refractivity contribution in [2.24, 2.45) is 0 Å². The maximum absolute atomic E-state index is 12.7. The Labute approximate surface area is 170 Å². The van der Waals surface area contributed by atoms with Crippen molar-refractivity contribution >= 4 is 33.0 Å². The minimum absolute atomic E-state index is 0.0992. The van der Waals surface area contributed by atoms with Gasteiger partial charge in [-0.25, -0.2) is 8.42 Å². The molecule has 2 aromatic rings. The topological polar surface area (TPSA) is 80.2 Å². The summed E-state index contributed by atoms with van der Waals surface area (Å²) in [5.41, 5.74) is 0.585. The SMILES string of the molecule is C[C@@H](C(=O)Nc1ccc(S(=O)(=O)N2CCOCC2)cc1)[NH+](C)Cc1cccs1. The quantitative estimate of drug-likeness (QED) is 0.689. The molecule has 3 rings (SSSR count). The van der Waals surface area contributed by atoms with Crippen molar-refractivity contribution < 1.29 is 22.8 Å². The number of anilines is 1. The molecule has 1 fully saturated rings. The minimum atomic E-state index is -3.53. The first kappa shape index (κ1) is 20.9. The summed E-state index contributed by atoms with van der Waals surface area (Å²) in [5, 5.41) is 4.90. The summed E-state index contributed by atoms with van der Waals surface area (Å²) in [7, 11) is -1.54. The molecule has 1 aromatic heterocycles. The fraction of sp³-hybridized carbons (Fsp3) is 0.421. The molecule has 2 heterocycles. The maximum atomic E-state index is 12.7. The van der Waals surface area contributed by atoms with E-state index >= 15 is 0 Å². The summed E-state index contributed by atoms with van der Waals surface area (Å²) in [4.78, 5) is 15.1. The number of thiophene rings is 1. The van der Waals surface area contributed by atoms with E-state index in [0.717, 1.165) is 11.4 Å². The van der Waals surface area contributed by atoms with Gasteiger partial charge in [-0.3, -0.25) is 4.79 Å². The van der Waals surface area contributed by atoms with Crippen LogP contribution in [0.5, 0.6) is 0 Å². The van der Waals surface area contributed by atoms with Gasteiger partial charge >= 0.3 is 0 Å². The summed E-state index contributed by atoms with van der Waals surface area (Å²) < 4.78 is 31.9. The van der Waals surface area contributed by atoms with Crippen molar-refractivity contribution in [2.45, 2.75) is 24.4 Å².